The summed E-state index contributed by atoms with van der Waals surface area (Å²) < 4.78 is 38.2. The van der Waals surface area contributed by atoms with Crippen molar-refractivity contribution in [1.82, 2.24) is 15.2 Å². The number of alkyl halides is 3. The third-order valence-corrected chi connectivity index (χ3v) is 5.60. The molecule has 0 aromatic carbocycles. The van der Waals surface area contributed by atoms with Crippen LogP contribution in [-0.2, 0) is 11.0 Å². The van der Waals surface area contributed by atoms with Crippen molar-refractivity contribution in [2.24, 2.45) is 5.92 Å². The summed E-state index contributed by atoms with van der Waals surface area (Å²) in [4.78, 5) is 20.5. The minimum absolute atomic E-state index is 0.0224. The number of amides is 1. The lowest BCUT2D eigenvalue weighted by atomic mass is 9.95. The highest BCUT2D eigenvalue weighted by molar-refractivity contribution is 6.33. The monoisotopic (exact) mass is 420 g/mol. The van der Waals surface area contributed by atoms with E-state index in [1.54, 1.807) is 0 Å². The van der Waals surface area contributed by atoms with Gasteiger partial charge in [0.05, 0.1) is 10.6 Å². The van der Waals surface area contributed by atoms with Crippen molar-refractivity contribution in [2.75, 3.05) is 37.6 Å². The number of piperidine rings is 1. The van der Waals surface area contributed by atoms with E-state index in [0.717, 1.165) is 25.4 Å². The number of likely N-dealkylation sites (N-methyl/N-ethyl adjacent to an activating group) is 1. The molecule has 1 amide bonds. The fraction of sp³-hybridized carbons (Fsp3) is 0.684. The van der Waals surface area contributed by atoms with E-state index in [1.165, 1.54) is 0 Å². The molecule has 9 heteroatoms. The number of carbonyl (C=O) groups excluding carboxylic acids is 1. The largest absolute Gasteiger partial charge is 0.417 e. The lowest BCUT2D eigenvalue weighted by Crippen LogP contribution is -2.46. The first-order valence-corrected chi connectivity index (χ1v) is 10.0. The number of halogens is 4. The van der Waals surface area contributed by atoms with Gasteiger partial charge in [0.1, 0.15) is 5.82 Å². The number of nitrogens with one attached hydrogen (secondary N) is 1. The SMILES string of the molecule is CCN(CC)C(C)CNC(=O)C1CCN(c2ncc(C(F)(F)F)cc2Cl)CC1. The molecule has 0 saturated carbocycles. The molecular weight excluding hydrogens is 393 g/mol. The molecule has 0 radical (unpaired) electrons. The highest BCUT2D eigenvalue weighted by Crippen LogP contribution is 2.34. The fourth-order valence-corrected chi connectivity index (χ4v) is 3.83. The smallest absolute Gasteiger partial charge is 0.355 e. The van der Waals surface area contributed by atoms with E-state index in [1.807, 2.05) is 4.90 Å². The van der Waals surface area contributed by atoms with Crippen molar-refractivity contribution >= 4 is 23.3 Å². The Labute approximate surface area is 169 Å². The van der Waals surface area contributed by atoms with Gasteiger partial charge in [-0.05, 0) is 38.9 Å². The van der Waals surface area contributed by atoms with Crippen molar-refractivity contribution < 1.29 is 18.0 Å². The summed E-state index contributed by atoms with van der Waals surface area (Å²) in [5.41, 5.74) is -0.863. The first kappa shape index (κ1) is 22.7. The molecule has 1 aliphatic rings. The number of carbonyl (C=O) groups is 1. The van der Waals surface area contributed by atoms with Gasteiger partial charge in [0.2, 0.25) is 5.91 Å². The predicted molar refractivity (Wildman–Crippen MR) is 105 cm³/mol. The van der Waals surface area contributed by atoms with Gasteiger partial charge in [0, 0.05) is 37.8 Å². The van der Waals surface area contributed by atoms with Crippen LogP contribution in [0, 0.1) is 5.92 Å². The van der Waals surface area contributed by atoms with Crippen LogP contribution in [0.25, 0.3) is 0 Å². The summed E-state index contributed by atoms with van der Waals surface area (Å²) in [5.74, 6) is 0.266. The highest BCUT2D eigenvalue weighted by Gasteiger charge is 2.33. The van der Waals surface area contributed by atoms with E-state index >= 15 is 0 Å². The Bertz CT molecular complexity index is 659. The molecule has 0 bridgehead atoms. The van der Waals surface area contributed by atoms with Crippen molar-refractivity contribution in [3.8, 4) is 0 Å². The molecule has 5 nitrogen and oxygen atoms in total. The minimum Gasteiger partial charge on any atom is -0.355 e. The summed E-state index contributed by atoms with van der Waals surface area (Å²) in [7, 11) is 0. The molecule has 2 rings (SSSR count). The minimum atomic E-state index is -4.47. The van der Waals surface area contributed by atoms with Crippen LogP contribution >= 0.6 is 11.6 Å². The fourth-order valence-electron chi connectivity index (χ4n) is 3.54. The number of hydrogen-bond acceptors (Lipinski definition) is 4. The second-order valence-corrected chi connectivity index (χ2v) is 7.51. The Balaban J connectivity index is 1.88. The van der Waals surface area contributed by atoms with E-state index < -0.39 is 11.7 Å². The number of hydrogen-bond donors (Lipinski definition) is 1. The molecule has 0 aliphatic carbocycles. The van der Waals surface area contributed by atoms with Crippen LogP contribution in [0.15, 0.2) is 12.3 Å². The van der Waals surface area contributed by atoms with E-state index in [-0.39, 0.29) is 22.9 Å². The highest BCUT2D eigenvalue weighted by atomic mass is 35.5. The zero-order chi connectivity index (χ0) is 20.9. The summed E-state index contributed by atoms with van der Waals surface area (Å²) in [6.07, 6.45) is -2.44. The molecule has 1 fully saturated rings. The van der Waals surface area contributed by atoms with Gasteiger partial charge in [-0.2, -0.15) is 13.2 Å². The van der Waals surface area contributed by atoms with Crippen LogP contribution < -0.4 is 10.2 Å². The zero-order valence-electron chi connectivity index (χ0n) is 16.5. The number of aromatic nitrogens is 1. The Morgan fingerprint density at radius 2 is 1.96 bits per heavy atom. The maximum absolute atomic E-state index is 12.7. The molecule has 158 valence electrons. The van der Waals surface area contributed by atoms with Crippen LogP contribution in [0.3, 0.4) is 0 Å². The average molecular weight is 421 g/mol. The van der Waals surface area contributed by atoms with Crippen molar-refractivity contribution in [3.63, 3.8) is 0 Å². The van der Waals surface area contributed by atoms with Gasteiger partial charge in [0.15, 0.2) is 0 Å². The van der Waals surface area contributed by atoms with Crippen LogP contribution in [0.2, 0.25) is 5.02 Å². The van der Waals surface area contributed by atoms with Gasteiger partial charge in [-0.3, -0.25) is 9.69 Å². The normalized spacial score (nSPS) is 17.1. The van der Waals surface area contributed by atoms with Crippen LogP contribution in [-0.4, -0.2) is 54.6 Å². The Morgan fingerprint density at radius 1 is 1.36 bits per heavy atom. The van der Waals surface area contributed by atoms with E-state index in [0.29, 0.717) is 38.3 Å². The summed E-state index contributed by atoms with van der Waals surface area (Å²) in [6, 6.07) is 1.17. The molecular formula is C19H28ClF3N4O. The lowest BCUT2D eigenvalue weighted by molar-refractivity contribution is -0.137. The quantitative estimate of drug-likeness (QED) is 0.728. The third kappa shape index (κ3) is 5.73. The number of pyridine rings is 1. The first-order chi connectivity index (χ1) is 13.2. The van der Waals surface area contributed by atoms with Crippen molar-refractivity contribution in [3.05, 3.63) is 22.8 Å². The van der Waals surface area contributed by atoms with Crippen molar-refractivity contribution in [2.45, 2.75) is 45.8 Å². The maximum atomic E-state index is 12.7. The summed E-state index contributed by atoms with van der Waals surface area (Å²) in [5, 5.41) is 3.00. The van der Waals surface area contributed by atoms with Crippen LogP contribution in [0.1, 0.15) is 39.2 Å². The Hall–Kier alpha value is -1.54. The predicted octanol–water partition coefficient (Wildman–Crippen LogP) is 3.82. The second kappa shape index (κ2) is 9.78. The molecule has 1 atom stereocenters. The van der Waals surface area contributed by atoms with Crippen molar-refractivity contribution in [1.29, 1.82) is 0 Å². The molecule has 2 heterocycles. The number of nitrogens with zero attached hydrogens (tertiary/aromatic N) is 3. The van der Waals surface area contributed by atoms with Gasteiger partial charge in [0.25, 0.3) is 0 Å². The van der Waals surface area contributed by atoms with Crippen LogP contribution in [0.5, 0.6) is 0 Å². The van der Waals surface area contributed by atoms with Gasteiger partial charge in [-0.25, -0.2) is 4.98 Å². The van der Waals surface area contributed by atoms with Gasteiger partial charge >= 0.3 is 6.18 Å². The number of anilines is 1. The molecule has 28 heavy (non-hydrogen) atoms. The van der Waals surface area contributed by atoms with Gasteiger partial charge in [-0.15, -0.1) is 0 Å². The molecule has 1 aromatic rings. The maximum Gasteiger partial charge on any atom is 0.417 e. The average Bonchev–Trinajstić information content (AvgIpc) is 2.66. The molecule has 1 aliphatic heterocycles. The first-order valence-electron chi connectivity index (χ1n) is 9.66. The summed E-state index contributed by atoms with van der Waals surface area (Å²) >= 11 is 6.02. The van der Waals surface area contributed by atoms with Crippen LogP contribution in [0.4, 0.5) is 19.0 Å². The molecule has 1 N–H and O–H groups in total. The van der Waals surface area contributed by atoms with E-state index in [9.17, 15) is 18.0 Å². The van der Waals surface area contributed by atoms with Gasteiger partial charge < -0.3 is 10.2 Å². The Kier molecular flexibility index (Phi) is 7.95. The van der Waals surface area contributed by atoms with E-state index in [4.69, 9.17) is 11.6 Å². The molecule has 1 unspecified atom stereocenters. The topological polar surface area (TPSA) is 48.5 Å². The second-order valence-electron chi connectivity index (χ2n) is 7.10. The Morgan fingerprint density at radius 3 is 2.46 bits per heavy atom. The third-order valence-electron chi connectivity index (χ3n) is 5.32. The zero-order valence-corrected chi connectivity index (χ0v) is 17.3. The van der Waals surface area contributed by atoms with Gasteiger partial charge in [-0.1, -0.05) is 25.4 Å². The summed E-state index contributed by atoms with van der Waals surface area (Å²) in [6.45, 7) is 9.82. The molecule has 1 saturated heterocycles. The standard InChI is InChI=1S/C19H28ClF3N4O/c1-4-26(5-2)13(3)11-25-18(28)14-6-8-27(9-7-14)17-16(20)10-15(12-24-17)19(21,22)23/h10,12-14H,4-9,11H2,1-3H3,(H,25,28). The van der Waals surface area contributed by atoms with E-state index in [2.05, 4.69) is 36.0 Å². The molecule has 1 aromatic heterocycles. The molecule has 0 spiro atoms. The number of rotatable bonds is 7. The lowest BCUT2D eigenvalue weighted by Gasteiger charge is -2.33.